The molecule has 142 valence electrons. The summed E-state index contributed by atoms with van der Waals surface area (Å²) in [5.74, 6) is 1.52. The number of hydrogen-bond donors (Lipinski definition) is 2. The van der Waals surface area contributed by atoms with Crippen molar-refractivity contribution in [2.75, 3.05) is 11.5 Å². The van der Waals surface area contributed by atoms with Crippen molar-refractivity contribution in [2.24, 2.45) is 5.73 Å². The molecule has 0 saturated heterocycles. The van der Waals surface area contributed by atoms with E-state index in [0.29, 0.717) is 10.7 Å². The van der Waals surface area contributed by atoms with Gasteiger partial charge in [0.15, 0.2) is 0 Å². The van der Waals surface area contributed by atoms with Gasteiger partial charge in [0.2, 0.25) is 5.91 Å². The molecule has 0 aromatic rings. The minimum atomic E-state index is -0.224. The summed E-state index contributed by atoms with van der Waals surface area (Å²) in [5.41, 5.74) is 9.90. The first-order valence-corrected chi connectivity index (χ1v) is 10.4. The van der Waals surface area contributed by atoms with Gasteiger partial charge in [0.1, 0.15) is 0 Å². The molecule has 0 fully saturated rings. The molecule has 0 aromatic heterocycles. The number of amides is 1. The summed E-state index contributed by atoms with van der Waals surface area (Å²) in [4.78, 5) is 11.5. The van der Waals surface area contributed by atoms with Crippen molar-refractivity contribution in [3.63, 3.8) is 0 Å². The molecule has 5 heteroatoms. The number of thioether (sulfide) groups is 1. The first kappa shape index (κ1) is 23.9. The Morgan fingerprint density at radius 1 is 1.04 bits per heavy atom. The Kier molecular flexibility index (Phi) is 13.5. The first-order chi connectivity index (χ1) is 11.7. The second-order valence-corrected chi connectivity index (χ2v) is 8.20. The summed E-state index contributed by atoms with van der Waals surface area (Å²) in [6, 6.07) is -0.224. The SMILES string of the molecule is CC(=O)NC(CSCC=C(C)CCC=C(C)CCC=C(C)C)C(N)=S. The van der Waals surface area contributed by atoms with Gasteiger partial charge in [-0.1, -0.05) is 47.2 Å². The van der Waals surface area contributed by atoms with Crippen LogP contribution in [0.2, 0.25) is 0 Å². The third-order valence-corrected chi connectivity index (χ3v) is 4.93. The van der Waals surface area contributed by atoms with Crippen molar-refractivity contribution >= 4 is 34.9 Å². The minimum Gasteiger partial charge on any atom is -0.392 e. The molecule has 1 amide bonds. The second kappa shape index (κ2) is 14.1. The van der Waals surface area contributed by atoms with Gasteiger partial charge in [-0.3, -0.25) is 4.79 Å². The number of carbonyl (C=O) groups is 1. The Morgan fingerprint density at radius 3 is 2.12 bits per heavy atom. The summed E-state index contributed by atoms with van der Waals surface area (Å²) < 4.78 is 0. The molecule has 0 heterocycles. The average Bonchev–Trinajstić information content (AvgIpc) is 2.49. The van der Waals surface area contributed by atoms with Crippen LogP contribution in [-0.4, -0.2) is 28.4 Å². The van der Waals surface area contributed by atoms with Crippen LogP contribution in [0.25, 0.3) is 0 Å². The summed E-state index contributed by atoms with van der Waals surface area (Å²) in [6.45, 7) is 10.2. The summed E-state index contributed by atoms with van der Waals surface area (Å²) in [7, 11) is 0. The number of rotatable bonds is 12. The molecule has 0 bridgehead atoms. The quantitative estimate of drug-likeness (QED) is 0.285. The third kappa shape index (κ3) is 14.9. The number of thiocarbonyl (C=S) groups is 1. The maximum Gasteiger partial charge on any atom is 0.217 e. The fourth-order valence-electron chi connectivity index (χ4n) is 2.17. The Bertz CT molecular complexity index is 518. The molecule has 0 saturated carbocycles. The van der Waals surface area contributed by atoms with Crippen molar-refractivity contribution in [3.05, 3.63) is 34.9 Å². The van der Waals surface area contributed by atoms with E-state index in [1.165, 1.54) is 23.6 Å². The highest BCUT2D eigenvalue weighted by Gasteiger charge is 2.12. The van der Waals surface area contributed by atoms with Crippen LogP contribution in [0.1, 0.15) is 60.3 Å². The summed E-state index contributed by atoms with van der Waals surface area (Å²) in [6.07, 6.45) is 11.4. The van der Waals surface area contributed by atoms with E-state index in [2.05, 4.69) is 51.2 Å². The zero-order chi connectivity index (χ0) is 19.2. The fraction of sp³-hybridized carbons (Fsp3) is 0.600. The van der Waals surface area contributed by atoms with Crippen LogP contribution in [0.15, 0.2) is 34.9 Å². The van der Waals surface area contributed by atoms with E-state index >= 15 is 0 Å². The lowest BCUT2D eigenvalue weighted by molar-refractivity contribution is -0.119. The molecular formula is C20H34N2OS2. The van der Waals surface area contributed by atoms with Crippen LogP contribution < -0.4 is 11.1 Å². The van der Waals surface area contributed by atoms with Gasteiger partial charge >= 0.3 is 0 Å². The molecule has 1 unspecified atom stereocenters. The predicted molar refractivity (Wildman–Crippen MR) is 117 cm³/mol. The molecule has 0 aliphatic heterocycles. The van der Waals surface area contributed by atoms with Gasteiger partial charge in [-0.15, -0.1) is 0 Å². The molecule has 3 N–H and O–H groups in total. The average molecular weight is 383 g/mol. The van der Waals surface area contributed by atoms with E-state index in [-0.39, 0.29) is 11.9 Å². The van der Waals surface area contributed by atoms with Crippen molar-refractivity contribution in [3.8, 4) is 0 Å². The normalized spacial score (nSPS) is 13.3. The van der Waals surface area contributed by atoms with E-state index in [1.54, 1.807) is 11.8 Å². The van der Waals surface area contributed by atoms with Crippen LogP contribution in [-0.2, 0) is 4.79 Å². The molecule has 0 spiro atoms. The predicted octanol–water partition coefficient (Wildman–Crippen LogP) is 4.93. The maximum atomic E-state index is 11.1. The molecule has 0 aliphatic rings. The molecule has 0 radical (unpaired) electrons. The molecule has 0 rings (SSSR count). The largest absolute Gasteiger partial charge is 0.392 e. The molecule has 25 heavy (non-hydrogen) atoms. The highest BCUT2D eigenvalue weighted by atomic mass is 32.2. The molecule has 0 aliphatic carbocycles. The molecular weight excluding hydrogens is 348 g/mol. The highest BCUT2D eigenvalue weighted by molar-refractivity contribution is 7.99. The molecule has 0 aromatic carbocycles. The van der Waals surface area contributed by atoms with E-state index in [9.17, 15) is 4.79 Å². The van der Waals surface area contributed by atoms with Crippen molar-refractivity contribution in [1.82, 2.24) is 5.32 Å². The van der Waals surface area contributed by atoms with Gasteiger partial charge in [-0.2, -0.15) is 11.8 Å². The Hall–Kier alpha value is -1.07. The second-order valence-electron chi connectivity index (χ2n) is 6.65. The van der Waals surface area contributed by atoms with E-state index in [4.69, 9.17) is 18.0 Å². The Balaban J connectivity index is 4.07. The molecule has 1 atom stereocenters. The Labute approximate surface area is 163 Å². The van der Waals surface area contributed by atoms with Crippen LogP contribution in [0.3, 0.4) is 0 Å². The van der Waals surface area contributed by atoms with Crippen LogP contribution in [0.4, 0.5) is 0 Å². The number of nitrogens with two attached hydrogens (primary N) is 1. The van der Waals surface area contributed by atoms with Crippen molar-refractivity contribution < 1.29 is 4.79 Å². The van der Waals surface area contributed by atoms with Crippen molar-refractivity contribution in [1.29, 1.82) is 0 Å². The smallest absolute Gasteiger partial charge is 0.217 e. The van der Waals surface area contributed by atoms with Crippen LogP contribution >= 0.6 is 24.0 Å². The van der Waals surface area contributed by atoms with E-state index < -0.39 is 0 Å². The lowest BCUT2D eigenvalue weighted by Gasteiger charge is -2.15. The van der Waals surface area contributed by atoms with Crippen LogP contribution in [0, 0.1) is 0 Å². The minimum absolute atomic E-state index is 0.100. The van der Waals surface area contributed by atoms with Gasteiger partial charge in [0, 0.05) is 18.4 Å². The topological polar surface area (TPSA) is 55.1 Å². The highest BCUT2D eigenvalue weighted by Crippen LogP contribution is 2.13. The monoisotopic (exact) mass is 382 g/mol. The lowest BCUT2D eigenvalue weighted by atomic mass is 10.1. The first-order valence-electron chi connectivity index (χ1n) is 8.81. The number of nitrogens with one attached hydrogen (secondary N) is 1. The van der Waals surface area contributed by atoms with E-state index in [1.807, 2.05) is 0 Å². The maximum absolute atomic E-state index is 11.1. The lowest BCUT2D eigenvalue weighted by Crippen LogP contribution is -2.44. The zero-order valence-electron chi connectivity index (χ0n) is 16.4. The number of hydrogen-bond acceptors (Lipinski definition) is 3. The third-order valence-electron chi connectivity index (χ3n) is 3.68. The van der Waals surface area contributed by atoms with Gasteiger partial charge < -0.3 is 11.1 Å². The fourth-order valence-corrected chi connectivity index (χ4v) is 3.45. The van der Waals surface area contributed by atoms with Gasteiger partial charge in [-0.05, 0) is 53.4 Å². The van der Waals surface area contributed by atoms with Gasteiger partial charge in [0.25, 0.3) is 0 Å². The van der Waals surface area contributed by atoms with Gasteiger partial charge in [-0.25, -0.2) is 0 Å². The van der Waals surface area contributed by atoms with E-state index in [0.717, 1.165) is 31.4 Å². The number of carbonyl (C=O) groups excluding carboxylic acids is 1. The summed E-state index contributed by atoms with van der Waals surface area (Å²) >= 11 is 6.72. The molecule has 3 nitrogen and oxygen atoms in total. The van der Waals surface area contributed by atoms with Gasteiger partial charge in [0.05, 0.1) is 11.0 Å². The van der Waals surface area contributed by atoms with Crippen molar-refractivity contribution in [2.45, 2.75) is 66.3 Å². The zero-order valence-corrected chi connectivity index (χ0v) is 18.0. The standard InChI is InChI=1S/C20H34N2OS2/c1-15(2)8-6-9-16(3)10-7-11-17(4)12-13-25-14-19(20(21)24)22-18(5)23/h8,10,12,19H,6-7,9,11,13-14H2,1-5H3,(H2,21,24)(H,22,23). The Morgan fingerprint density at radius 2 is 1.60 bits per heavy atom. The summed E-state index contributed by atoms with van der Waals surface area (Å²) in [5, 5.41) is 2.78. The van der Waals surface area contributed by atoms with Crippen LogP contribution in [0.5, 0.6) is 0 Å². The number of allylic oxidation sites excluding steroid dienone is 5.